The third-order valence-corrected chi connectivity index (χ3v) is 5.03. The number of nitrogen functional groups attached to an aromatic ring is 1. The van der Waals surface area contributed by atoms with Gasteiger partial charge in [0.2, 0.25) is 0 Å². The summed E-state index contributed by atoms with van der Waals surface area (Å²) in [4.78, 5) is 19.9. The van der Waals surface area contributed by atoms with Crippen LogP contribution in [0.25, 0.3) is 0 Å². The molecule has 0 amide bonds. The standard InChI is InChI=1S/C13H11ClN4O6S/c1-7-10(14)5-9(6-12(7)17(19)20)25(23,24)16-8-2-3-11(15)13(4-8)18(21)22/h2-6,16H,15H2,1H3. The van der Waals surface area contributed by atoms with Crippen LogP contribution in [0.2, 0.25) is 5.02 Å². The van der Waals surface area contributed by atoms with Crippen molar-refractivity contribution in [3.05, 3.63) is 61.1 Å². The fraction of sp³-hybridized carbons (Fsp3) is 0.0769. The van der Waals surface area contributed by atoms with Gasteiger partial charge in [-0.15, -0.1) is 0 Å². The van der Waals surface area contributed by atoms with E-state index in [1.807, 2.05) is 0 Å². The summed E-state index contributed by atoms with van der Waals surface area (Å²) in [5.74, 6) is 0. The highest BCUT2D eigenvalue weighted by atomic mass is 35.5. The first-order valence-electron chi connectivity index (χ1n) is 6.54. The van der Waals surface area contributed by atoms with Gasteiger partial charge in [-0.1, -0.05) is 11.6 Å². The molecule has 2 rings (SSSR count). The fourth-order valence-corrected chi connectivity index (χ4v) is 3.34. The number of sulfonamides is 1. The molecule has 0 aliphatic heterocycles. The van der Waals surface area contributed by atoms with Crippen LogP contribution in [0.1, 0.15) is 5.56 Å². The second-order valence-electron chi connectivity index (χ2n) is 4.94. The van der Waals surface area contributed by atoms with Gasteiger partial charge in [0.05, 0.1) is 25.5 Å². The Balaban J connectivity index is 2.49. The molecule has 0 aliphatic rings. The maximum absolute atomic E-state index is 12.4. The highest BCUT2D eigenvalue weighted by molar-refractivity contribution is 7.92. The molecule has 0 saturated heterocycles. The molecule has 25 heavy (non-hydrogen) atoms. The number of hydrogen-bond acceptors (Lipinski definition) is 7. The van der Waals surface area contributed by atoms with Gasteiger partial charge in [-0.2, -0.15) is 0 Å². The van der Waals surface area contributed by atoms with E-state index in [2.05, 4.69) is 4.72 Å². The Morgan fingerprint density at radius 3 is 2.24 bits per heavy atom. The number of benzene rings is 2. The molecule has 0 saturated carbocycles. The van der Waals surface area contributed by atoms with Crippen molar-refractivity contribution in [2.75, 3.05) is 10.5 Å². The van der Waals surface area contributed by atoms with E-state index in [1.165, 1.54) is 19.1 Å². The average Bonchev–Trinajstić information content (AvgIpc) is 2.50. The Hall–Kier alpha value is -2.92. The lowest BCUT2D eigenvalue weighted by Gasteiger charge is -2.10. The van der Waals surface area contributed by atoms with E-state index in [1.54, 1.807) is 0 Å². The summed E-state index contributed by atoms with van der Waals surface area (Å²) in [7, 11) is -4.27. The number of hydrogen-bond donors (Lipinski definition) is 2. The van der Waals surface area contributed by atoms with Crippen LogP contribution in [-0.4, -0.2) is 18.3 Å². The molecule has 12 heteroatoms. The number of nitrogens with zero attached hydrogens (tertiary/aromatic N) is 2. The highest BCUT2D eigenvalue weighted by Gasteiger charge is 2.23. The lowest BCUT2D eigenvalue weighted by atomic mass is 10.2. The maximum atomic E-state index is 12.4. The second-order valence-corrected chi connectivity index (χ2v) is 7.03. The first-order chi connectivity index (χ1) is 11.5. The minimum atomic E-state index is -4.27. The van der Waals surface area contributed by atoms with Crippen LogP contribution < -0.4 is 10.5 Å². The van der Waals surface area contributed by atoms with E-state index in [-0.39, 0.29) is 22.0 Å². The molecule has 2 aromatic rings. The van der Waals surface area contributed by atoms with E-state index in [9.17, 15) is 28.6 Å². The summed E-state index contributed by atoms with van der Waals surface area (Å²) < 4.78 is 26.9. The molecule has 0 aliphatic carbocycles. The van der Waals surface area contributed by atoms with Gasteiger partial charge in [0.15, 0.2) is 0 Å². The smallest absolute Gasteiger partial charge is 0.294 e. The van der Waals surface area contributed by atoms with Gasteiger partial charge in [-0.25, -0.2) is 8.42 Å². The molecule has 0 heterocycles. The lowest BCUT2D eigenvalue weighted by Crippen LogP contribution is -2.14. The van der Waals surface area contributed by atoms with E-state index < -0.39 is 36.1 Å². The summed E-state index contributed by atoms with van der Waals surface area (Å²) in [6.07, 6.45) is 0. The molecule has 0 bridgehead atoms. The van der Waals surface area contributed by atoms with E-state index in [0.29, 0.717) is 0 Å². The number of nitro benzene ring substituents is 2. The third kappa shape index (κ3) is 3.78. The maximum Gasteiger partial charge on any atom is 0.294 e. The van der Waals surface area contributed by atoms with Crippen molar-refractivity contribution in [1.82, 2.24) is 0 Å². The zero-order valence-corrected chi connectivity index (χ0v) is 14.2. The van der Waals surface area contributed by atoms with Crippen molar-refractivity contribution >= 4 is 44.4 Å². The monoisotopic (exact) mass is 386 g/mol. The van der Waals surface area contributed by atoms with Gasteiger partial charge in [0, 0.05) is 17.7 Å². The zero-order valence-electron chi connectivity index (χ0n) is 12.6. The molecule has 0 aromatic heterocycles. The topological polar surface area (TPSA) is 158 Å². The lowest BCUT2D eigenvalue weighted by molar-refractivity contribution is -0.385. The van der Waals surface area contributed by atoms with Gasteiger partial charge < -0.3 is 5.73 Å². The predicted octanol–water partition coefficient (Wildman–Crippen LogP) is 2.85. The molecular weight excluding hydrogens is 376 g/mol. The first-order valence-corrected chi connectivity index (χ1v) is 8.40. The fourth-order valence-electron chi connectivity index (χ4n) is 1.96. The van der Waals surface area contributed by atoms with Crippen LogP contribution in [-0.2, 0) is 10.0 Å². The van der Waals surface area contributed by atoms with Crippen molar-refractivity contribution in [2.45, 2.75) is 11.8 Å². The summed E-state index contributed by atoms with van der Waals surface area (Å²) in [5, 5.41) is 21.8. The van der Waals surface area contributed by atoms with Crippen LogP contribution in [0.3, 0.4) is 0 Å². The Kier molecular flexibility index (Phi) is 4.81. The number of halogens is 1. The summed E-state index contributed by atoms with van der Waals surface area (Å²) in [6.45, 7) is 1.38. The van der Waals surface area contributed by atoms with Gasteiger partial charge in [-0.05, 0) is 25.1 Å². The minimum absolute atomic E-state index is 0.0992. The molecule has 0 radical (unpaired) electrons. The molecule has 10 nitrogen and oxygen atoms in total. The summed E-state index contributed by atoms with van der Waals surface area (Å²) in [5.41, 5.74) is 4.36. The van der Waals surface area contributed by atoms with E-state index in [0.717, 1.165) is 18.2 Å². The van der Waals surface area contributed by atoms with Crippen LogP contribution >= 0.6 is 11.6 Å². The van der Waals surface area contributed by atoms with E-state index >= 15 is 0 Å². The number of nitrogens with one attached hydrogen (secondary N) is 1. The van der Waals surface area contributed by atoms with Crippen LogP contribution in [0, 0.1) is 27.2 Å². The molecular formula is C13H11ClN4O6S. The largest absolute Gasteiger partial charge is 0.393 e. The van der Waals surface area contributed by atoms with Crippen molar-refractivity contribution in [3.8, 4) is 0 Å². The molecule has 2 aromatic carbocycles. The highest BCUT2D eigenvalue weighted by Crippen LogP contribution is 2.31. The second kappa shape index (κ2) is 6.53. The van der Waals surface area contributed by atoms with Crippen molar-refractivity contribution in [3.63, 3.8) is 0 Å². The SMILES string of the molecule is Cc1c(Cl)cc(S(=O)(=O)Nc2ccc(N)c([N+](=O)[O-])c2)cc1[N+](=O)[O-]. The van der Waals surface area contributed by atoms with Gasteiger partial charge in [0.1, 0.15) is 5.69 Å². The Bertz CT molecular complexity index is 992. The van der Waals surface area contributed by atoms with Gasteiger partial charge >= 0.3 is 0 Å². The number of anilines is 2. The number of rotatable bonds is 5. The third-order valence-electron chi connectivity index (χ3n) is 3.28. The predicted molar refractivity (Wildman–Crippen MR) is 91.2 cm³/mol. The Morgan fingerprint density at radius 2 is 1.68 bits per heavy atom. The summed E-state index contributed by atoms with van der Waals surface area (Å²) >= 11 is 5.86. The normalized spacial score (nSPS) is 11.1. The number of nitrogens with two attached hydrogens (primary N) is 1. The molecule has 0 unspecified atom stereocenters. The van der Waals surface area contributed by atoms with Crippen molar-refractivity contribution < 1.29 is 18.3 Å². The summed E-state index contributed by atoms with van der Waals surface area (Å²) in [6, 6.07) is 5.24. The van der Waals surface area contributed by atoms with Crippen molar-refractivity contribution in [2.24, 2.45) is 0 Å². The van der Waals surface area contributed by atoms with Crippen LogP contribution in [0.5, 0.6) is 0 Å². The molecule has 132 valence electrons. The van der Waals surface area contributed by atoms with E-state index in [4.69, 9.17) is 17.3 Å². The molecule has 3 N–H and O–H groups in total. The minimum Gasteiger partial charge on any atom is -0.393 e. The quantitative estimate of drug-likeness (QED) is 0.454. The van der Waals surface area contributed by atoms with Crippen molar-refractivity contribution in [1.29, 1.82) is 0 Å². The Morgan fingerprint density at radius 1 is 1.08 bits per heavy atom. The first kappa shape index (κ1) is 18.4. The molecule has 0 atom stereocenters. The molecule has 0 spiro atoms. The van der Waals surface area contributed by atoms with Crippen LogP contribution in [0.4, 0.5) is 22.7 Å². The zero-order chi connectivity index (χ0) is 18.9. The van der Waals surface area contributed by atoms with Gasteiger partial charge in [-0.3, -0.25) is 25.0 Å². The Labute approximate surface area is 146 Å². The molecule has 0 fully saturated rings. The average molecular weight is 387 g/mol. The van der Waals surface area contributed by atoms with Crippen LogP contribution in [0.15, 0.2) is 35.2 Å². The van der Waals surface area contributed by atoms with Gasteiger partial charge in [0.25, 0.3) is 21.4 Å². The number of nitro groups is 2.